The van der Waals surface area contributed by atoms with Crippen LogP contribution in [0.3, 0.4) is 0 Å². The molecule has 0 unspecified atom stereocenters. The van der Waals surface area contributed by atoms with Gasteiger partial charge in [-0.15, -0.1) is 0 Å². The van der Waals surface area contributed by atoms with Gasteiger partial charge in [0.2, 0.25) is 0 Å². The molecule has 13 heavy (non-hydrogen) atoms. The summed E-state index contributed by atoms with van der Waals surface area (Å²) in [4.78, 5) is 19.2. The van der Waals surface area contributed by atoms with Crippen molar-refractivity contribution in [1.82, 2.24) is 0 Å². The highest BCUT2D eigenvalue weighted by Gasteiger charge is 1.88. The van der Waals surface area contributed by atoms with Gasteiger partial charge in [-0.25, -0.2) is 4.79 Å². The molecule has 0 rings (SSSR count). The first-order chi connectivity index (χ1) is 6.04. The molecule has 5 nitrogen and oxygen atoms in total. The number of carbonyl (C=O) groups excluding carboxylic acids is 1. The summed E-state index contributed by atoms with van der Waals surface area (Å²) in [6.45, 7) is 4.06. The Hall–Kier alpha value is -1.26. The number of hydrogen-bond acceptors (Lipinski definition) is 4. The zero-order valence-corrected chi connectivity index (χ0v) is 8.20. The maximum atomic E-state index is 10.1. The largest absolute Gasteiger partial charge is 0.505 e. The van der Waals surface area contributed by atoms with Crippen molar-refractivity contribution in [3.8, 4) is 0 Å². The standard InChI is InChI=1S/C6H12O2.C2H4O3/c1-3-4-5-8-6(2)7;1-5-2(3)4/h3-5H2,1-2H3;1H3,(H,3,4). The summed E-state index contributed by atoms with van der Waals surface area (Å²) in [7, 11) is 1.10. The average Bonchev–Trinajstić information content (AvgIpc) is 2.05. The first-order valence-corrected chi connectivity index (χ1v) is 3.94. The molecule has 0 saturated carbocycles. The number of carbonyl (C=O) groups is 2. The van der Waals surface area contributed by atoms with Crippen molar-refractivity contribution < 1.29 is 24.2 Å². The second-order valence-corrected chi connectivity index (χ2v) is 2.16. The van der Waals surface area contributed by atoms with Crippen molar-refractivity contribution in [2.45, 2.75) is 26.7 Å². The molecule has 78 valence electrons. The molecule has 5 heteroatoms. The van der Waals surface area contributed by atoms with Crippen LogP contribution >= 0.6 is 0 Å². The Morgan fingerprint density at radius 1 is 1.38 bits per heavy atom. The van der Waals surface area contributed by atoms with Crippen molar-refractivity contribution in [1.29, 1.82) is 0 Å². The van der Waals surface area contributed by atoms with Crippen molar-refractivity contribution in [3.05, 3.63) is 0 Å². The van der Waals surface area contributed by atoms with E-state index < -0.39 is 6.16 Å². The Kier molecular flexibility index (Phi) is 11.8. The van der Waals surface area contributed by atoms with Gasteiger partial charge in [0.1, 0.15) is 0 Å². The van der Waals surface area contributed by atoms with E-state index in [2.05, 4.69) is 16.4 Å². The van der Waals surface area contributed by atoms with Gasteiger partial charge >= 0.3 is 12.1 Å². The number of carboxylic acid groups (broad SMARTS) is 1. The molecule has 0 fully saturated rings. The molecule has 0 aromatic carbocycles. The number of esters is 1. The maximum Gasteiger partial charge on any atom is 0.505 e. The van der Waals surface area contributed by atoms with Gasteiger partial charge in [-0.1, -0.05) is 13.3 Å². The van der Waals surface area contributed by atoms with Gasteiger partial charge in [0.25, 0.3) is 0 Å². The van der Waals surface area contributed by atoms with E-state index in [1.807, 2.05) is 0 Å². The van der Waals surface area contributed by atoms with Gasteiger partial charge in [-0.3, -0.25) is 4.79 Å². The van der Waals surface area contributed by atoms with E-state index in [1.165, 1.54) is 6.92 Å². The van der Waals surface area contributed by atoms with Gasteiger partial charge in [0, 0.05) is 6.92 Å². The molecular formula is C8H16O5. The fourth-order valence-corrected chi connectivity index (χ4v) is 0.360. The van der Waals surface area contributed by atoms with E-state index in [9.17, 15) is 4.79 Å². The topological polar surface area (TPSA) is 72.8 Å². The summed E-state index contributed by atoms with van der Waals surface area (Å²) in [5.41, 5.74) is 0. The lowest BCUT2D eigenvalue weighted by molar-refractivity contribution is -0.141. The van der Waals surface area contributed by atoms with Crippen LogP contribution in [0.25, 0.3) is 0 Å². The Labute approximate surface area is 77.6 Å². The molecule has 0 amide bonds. The van der Waals surface area contributed by atoms with Gasteiger partial charge in [0.05, 0.1) is 13.7 Å². The first-order valence-electron chi connectivity index (χ1n) is 3.94. The van der Waals surface area contributed by atoms with Gasteiger partial charge in [-0.05, 0) is 6.42 Å². The number of hydrogen-bond donors (Lipinski definition) is 1. The molecule has 0 aliphatic heterocycles. The van der Waals surface area contributed by atoms with Crippen LogP contribution < -0.4 is 0 Å². The molecule has 0 spiro atoms. The summed E-state index contributed by atoms with van der Waals surface area (Å²) >= 11 is 0. The molecular weight excluding hydrogens is 176 g/mol. The number of unbranched alkanes of at least 4 members (excludes halogenated alkanes) is 1. The summed E-state index contributed by atoms with van der Waals surface area (Å²) in [5, 5.41) is 7.50. The molecule has 1 N–H and O–H groups in total. The average molecular weight is 192 g/mol. The number of rotatable bonds is 3. The monoisotopic (exact) mass is 192 g/mol. The minimum Gasteiger partial charge on any atom is -0.466 e. The molecule has 0 radical (unpaired) electrons. The van der Waals surface area contributed by atoms with Crippen LogP contribution in [0, 0.1) is 0 Å². The molecule has 0 aromatic rings. The second-order valence-electron chi connectivity index (χ2n) is 2.16. The van der Waals surface area contributed by atoms with Crippen molar-refractivity contribution in [2.24, 2.45) is 0 Å². The Bertz CT molecular complexity index is 143. The van der Waals surface area contributed by atoms with E-state index in [-0.39, 0.29) is 5.97 Å². The SMILES string of the molecule is CCCCOC(C)=O.COC(=O)O. The number of ether oxygens (including phenoxy) is 2. The summed E-state index contributed by atoms with van der Waals surface area (Å²) in [6, 6.07) is 0. The quantitative estimate of drug-likeness (QED) is 0.543. The van der Waals surface area contributed by atoms with E-state index in [0.717, 1.165) is 20.0 Å². The van der Waals surface area contributed by atoms with Crippen LogP contribution in [0.2, 0.25) is 0 Å². The van der Waals surface area contributed by atoms with E-state index in [1.54, 1.807) is 0 Å². The molecule has 0 atom stereocenters. The number of methoxy groups -OCH3 is 1. The predicted octanol–water partition coefficient (Wildman–Crippen LogP) is 1.66. The third-order valence-electron chi connectivity index (χ3n) is 0.978. The summed E-state index contributed by atoms with van der Waals surface area (Å²) < 4.78 is 8.31. The third-order valence-corrected chi connectivity index (χ3v) is 0.978. The summed E-state index contributed by atoms with van der Waals surface area (Å²) in [6.07, 6.45) is 0.803. The van der Waals surface area contributed by atoms with Crippen molar-refractivity contribution >= 4 is 12.1 Å². The normalized spacial score (nSPS) is 7.92. The molecule has 0 aliphatic rings. The second kappa shape index (κ2) is 10.7. The fraction of sp³-hybridized carbons (Fsp3) is 0.750. The minimum atomic E-state index is -1.25. The van der Waals surface area contributed by atoms with E-state index >= 15 is 0 Å². The lowest BCUT2D eigenvalue weighted by Crippen LogP contribution is -1.99. The Balaban J connectivity index is 0. The van der Waals surface area contributed by atoms with Crippen LogP contribution in [0.4, 0.5) is 4.79 Å². The van der Waals surface area contributed by atoms with Gasteiger partial charge in [0.15, 0.2) is 0 Å². The van der Waals surface area contributed by atoms with Crippen LogP contribution in [-0.2, 0) is 14.3 Å². The van der Waals surface area contributed by atoms with Crippen LogP contribution in [0.15, 0.2) is 0 Å². The minimum absolute atomic E-state index is 0.182. The molecule has 0 saturated heterocycles. The van der Waals surface area contributed by atoms with Crippen molar-refractivity contribution in [2.75, 3.05) is 13.7 Å². The highest BCUT2D eigenvalue weighted by atomic mass is 16.6. The molecule has 0 bridgehead atoms. The van der Waals surface area contributed by atoms with E-state index in [0.29, 0.717) is 6.61 Å². The lowest BCUT2D eigenvalue weighted by Gasteiger charge is -1.96. The van der Waals surface area contributed by atoms with Gasteiger partial charge in [-0.2, -0.15) is 0 Å². The first kappa shape index (κ1) is 14.3. The van der Waals surface area contributed by atoms with Crippen LogP contribution in [-0.4, -0.2) is 30.9 Å². The van der Waals surface area contributed by atoms with Crippen LogP contribution in [0.1, 0.15) is 26.7 Å². The molecule has 0 heterocycles. The van der Waals surface area contributed by atoms with Crippen LogP contribution in [0.5, 0.6) is 0 Å². The highest BCUT2D eigenvalue weighted by molar-refractivity contribution is 5.65. The third kappa shape index (κ3) is 24.9. The molecule has 0 aliphatic carbocycles. The van der Waals surface area contributed by atoms with Crippen molar-refractivity contribution in [3.63, 3.8) is 0 Å². The van der Waals surface area contributed by atoms with E-state index in [4.69, 9.17) is 9.90 Å². The van der Waals surface area contributed by atoms with Gasteiger partial charge < -0.3 is 14.6 Å². The smallest absolute Gasteiger partial charge is 0.466 e. The lowest BCUT2D eigenvalue weighted by atomic mass is 10.4. The Morgan fingerprint density at radius 2 is 1.85 bits per heavy atom. The zero-order chi connectivity index (χ0) is 10.7. The summed E-state index contributed by atoms with van der Waals surface area (Å²) in [5.74, 6) is -0.182. The predicted molar refractivity (Wildman–Crippen MR) is 46.6 cm³/mol. The molecule has 0 aromatic heterocycles. The fourth-order valence-electron chi connectivity index (χ4n) is 0.360. The zero-order valence-electron chi connectivity index (χ0n) is 8.20. The highest BCUT2D eigenvalue weighted by Crippen LogP contribution is 1.86. The Morgan fingerprint density at radius 3 is 2.08 bits per heavy atom. The maximum absolute atomic E-state index is 10.1.